The topological polar surface area (TPSA) is 129 Å². The van der Waals surface area contributed by atoms with Crippen LogP contribution in [-0.2, 0) is 19.1 Å². The van der Waals surface area contributed by atoms with Gasteiger partial charge in [0, 0.05) is 13.0 Å². The molecule has 1 aromatic carbocycles. The van der Waals surface area contributed by atoms with Crippen molar-refractivity contribution in [1.82, 2.24) is 15.2 Å². The van der Waals surface area contributed by atoms with Crippen molar-refractivity contribution in [2.45, 2.75) is 28.9 Å². The van der Waals surface area contributed by atoms with Crippen LogP contribution in [0.15, 0.2) is 28.6 Å². The summed E-state index contributed by atoms with van der Waals surface area (Å²) in [5, 5.41) is 21.6. The molecule has 3 rings (SSSR count). The van der Waals surface area contributed by atoms with E-state index < -0.39 is 36.7 Å². The Bertz CT molecular complexity index is 872. The third-order valence-electron chi connectivity index (χ3n) is 4.48. The first-order valence-corrected chi connectivity index (χ1v) is 10.7. The van der Waals surface area contributed by atoms with Crippen molar-refractivity contribution in [2.24, 2.45) is 0 Å². The van der Waals surface area contributed by atoms with Crippen LogP contribution in [0.3, 0.4) is 0 Å². The summed E-state index contributed by atoms with van der Waals surface area (Å²) >= 11 is 2.75. The number of hydrogen-bond acceptors (Lipinski definition) is 9. The minimum absolute atomic E-state index is 0.0271. The molecule has 1 fully saturated rings. The van der Waals surface area contributed by atoms with E-state index in [2.05, 4.69) is 15.0 Å². The molecule has 3 atom stereocenters. The molecule has 2 aromatic rings. The molecule has 3 unspecified atom stereocenters. The number of para-hydroxylation sites is 1. The van der Waals surface area contributed by atoms with Gasteiger partial charge in [-0.25, -0.2) is 9.78 Å². The fourth-order valence-corrected chi connectivity index (χ4v) is 5.00. The third-order valence-corrected chi connectivity index (χ3v) is 6.64. The summed E-state index contributed by atoms with van der Waals surface area (Å²) in [6.07, 6.45) is -0.782. The highest BCUT2D eigenvalue weighted by atomic mass is 32.2. The molecule has 156 valence electrons. The molecule has 11 heteroatoms. The Labute approximate surface area is 175 Å². The maximum absolute atomic E-state index is 12.7. The van der Waals surface area contributed by atoms with Crippen molar-refractivity contribution in [3.63, 3.8) is 0 Å². The van der Waals surface area contributed by atoms with Gasteiger partial charge in [-0.3, -0.25) is 9.59 Å². The summed E-state index contributed by atoms with van der Waals surface area (Å²) in [6, 6.07) is 5.52. The largest absolute Gasteiger partial charge is 0.467 e. The van der Waals surface area contributed by atoms with Crippen LogP contribution in [-0.4, -0.2) is 82.1 Å². The number of amides is 2. The van der Waals surface area contributed by atoms with E-state index in [1.54, 1.807) is 0 Å². The second-order valence-corrected chi connectivity index (χ2v) is 8.71. The van der Waals surface area contributed by atoms with Gasteiger partial charge in [-0.05, 0) is 12.1 Å². The number of β-amino-alcohol motifs (C(OH)–C–C–N with tert-alkyl or cyclic N) is 1. The second kappa shape index (κ2) is 9.53. The number of hydrogen-bond donors (Lipinski definition) is 3. The Morgan fingerprint density at radius 1 is 1.41 bits per heavy atom. The molecule has 9 nitrogen and oxygen atoms in total. The normalized spacial score (nSPS) is 19.9. The standard InChI is InChI=1S/C18H21N3O6S2/c1-27-17(26)12(8-22)19-16(25)13-6-10(23)7-21(13)15(24)9-28-18-20-11-4-2-3-5-14(11)29-18/h2-5,10,12-13,22-23H,6-9H2,1H3,(H,19,25). The van der Waals surface area contributed by atoms with E-state index in [1.807, 2.05) is 24.3 Å². The number of nitrogens with zero attached hydrogens (tertiary/aromatic N) is 2. The lowest BCUT2D eigenvalue weighted by Crippen LogP contribution is -2.52. The number of rotatable bonds is 7. The summed E-state index contributed by atoms with van der Waals surface area (Å²) in [4.78, 5) is 42.6. The minimum atomic E-state index is -1.22. The first-order chi connectivity index (χ1) is 13.9. The SMILES string of the molecule is COC(=O)C(CO)NC(=O)C1CC(O)CN1C(=O)CSc1nc2ccccc2s1. The quantitative estimate of drug-likeness (QED) is 0.406. The predicted molar refractivity (Wildman–Crippen MR) is 108 cm³/mol. The van der Waals surface area contributed by atoms with Crippen LogP contribution in [0.2, 0.25) is 0 Å². The number of fused-ring (bicyclic) bond motifs is 1. The lowest BCUT2D eigenvalue weighted by atomic mass is 10.1. The minimum Gasteiger partial charge on any atom is -0.467 e. The Hall–Kier alpha value is -2.21. The van der Waals surface area contributed by atoms with Crippen LogP contribution >= 0.6 is 23.1 Å². The van der Waals surface area contributed by atoms with Crippen molar-refractivity contribution in [2.75, 3.05) is 26.0 Å². The number of carbonyl (C=O) groups excluding carboxylic acids is 3. The zero-order valence-corrected chi connectivity index (χ0v) is 17.2. The number of benzene rings is 1. The van der Waals surface area contributed by atoms with Crippen molar-refractivity contribution in [3.05, 3.63) is 24.3 Å². The van der Waals surface area contributed by atoms with Crippen LogP contribution in [0.25, 0.3) is 10.2 Å². The lowest BCUT2D eigenvalue weighted by Gasteiger charge is -2.25. The molecule has 0 bridgehead atoms. The first-order valence-electron chi connectivity index (χ1n) is 8.88. The van der Waals surface area contributed by atoms with Gasteiger partial charge in [0.05, 0.1) is 35.8 Å². The van der Waals surface area contributed by atoms with E-state index in [4.69, 9.17) is 0 Å². The van der Waals surface area contributed by atoms with Gasteiger partial charge in [0.2, 0.25) is 11.8 Å². The Balaban J connectivity index is 1.63. The van der Waals surface area contributed by atoms with Crippen LogP contribution in [0.1, 0.15) is 6.42 Å². The number of esters is 1. The predicted octanol–water partition coefficient (Wildman–Crippen LogP) is 0.000300. The molecule has 29 heavy (non-hydrogen) atoms. The van der Waals surface area contributed by atoms with Gasteiger partial charge in [0.1, 0.15) is 6.04 Å². The second-order valence-electron chi connectivity index (χ2n) is 6.45. The number of aromatic nitrogens is 1. The van der Waals surface area contributed by atoms with Crippen LogP contribution in [0.5, 0.6) is 0 Å². The number of thioether (sulfide) groups is 1. The number of nitrogens with one attached hydrogen (secondary N) is 1. The molecule has 0 saturated carbocycles. The lowest BCUT2D eigenvalue weighted by molar-refractivity contribution is -0.147. The van der Waals surface area contributed by atoms with Crippen molar-refractivity contribution >= 4 is 51.1 Å². The molecular formula is C18H21N3O6S2. The molecule has 0 radical (unpaired) electrons. The number of ether oxygens (including phenoxy) is 1. The Kier molecular flexibility index (Phi) is 7.06. The van der Waals surface area contributed by atoms with Gasteiger partial charge < -0.3 is 25.2 Å². The highest BCUT2D eigenvalue weighted by Gasteiger charge is 2.40. The molecule has 1 aliphatic heterocycles. The van der Waals surface area contributed by atoms with Crippen LogP contribution < -0.4 is 5.32 Å². The average Bonchev–Trinajstić information content (AvgIpc) is 3.32. The number of methoxy groups -OCH3 is 1. The third kappa shape index (κ3) is 5.04. The summed E-state index contributed by atoms with van der Waals surface area (Å²) in [6.45, 7) is -0.603. The van der Waals surface area contributed by atoms with Gasteiger partial charge in [-0.15, -0.1) is 11.3 Å². The highest BCUT2D eigenvalue weighted by molar-refractivity contribution is 8.01. The Morgan fingerprint density at radius 3 is 2.86 bits per heavy atom. The molecular weight excluding hydrogens is 418 g/mol. The van der Waals surface area contributed by atoms with Crippen LogP contribution in [0.4, 0.5) is 0 Å². The molecule has 1 saturated heterocycles. The highest BCUT2D eigenvalue weighted by Crippen LogP contribution is 2.30. The number of likely N-dealkylation sites (tertiary alicyclic amines) is 1. The van der Waals surface area contributed by atoms with Gasteiger partial charge in [0.25, 0.3) is 0 Å². The summed E-state index contributed by atoms with van der Waals surface area (Å²) in [5.74, 6) is -1.66. The molecule has 0 aliphatic carbocycles. The first kappa shape index (κ1) is 21.5. The monoisotopic (exact) mass is 439 g/mol. The Morgan fingerprint density at radius 2 is 2.17 bits per heavy atom. The maximum atomic E-state index is 12.7. The van der Waals surface area contributed by atoms with Gasteiger partial charge in [0.15, 0.2) is 10.4 Å². The molecule has 2 heterocycles. The van der Waals surface area contributed by atoms with Crippen molar-refractivity contribution in [3.8, 4) is 0 Å². The maximum Gasteiger partial charge on any atom is 0.330 e. The molecule has 2 amide bonds. The van der Waals surface area contributed by atoms with E-state index in [9.17, 15) is 24.6 Å². The van der Waals surface area contributed by atoms with E-state index in [0.29, 0.717) is 0 Å². The zero-order chi connectivity index (χ0) is 21.0. The van der Waals surface area contributed by atoms with Gasteiger partial charge in [-0.1, -0.05) is 23.9 Å². The summed E-state index contributed by atoms with van der Waals surface area (Å²) < 4.78 is 6.29. The number of carbonyl (C=O) groups is 3. The smallest absolute Gasteiger partial charge is 0.330 e. The van der Waals surface area contributed by atoms with E-state index in [0.717, 1.165) is 21.7 Å². The van der Waals surface area contributed by atoms with E-state index in [1.165, 1.54) is 28.0 Å². The van der Waals surface area contributed by atoms with Crippen molar-refractivity contribution in [1.29, 1.82) is 0 Å². The van der Waals surface area contributed by atoms with E-state index >= 15 is 0 Å². The fraction of sp³-hybridized carbons (Fsp3) is 0.444. The number of aliphatic hydroxyl groups excluding tert-OH is 2. The number of thiazole rings is 1. The van der Waals surface area contributed by atoms with Gasteiger partial charge >= 0.3 is 5.97 Å². The fourth-order valence-electron chi connectivity index (χ4n) is 3.05. The molecule has 3 N–H and O–H groups in total. The summed E-state index contributed by atoms with van der Waals surface area (Å²) in [5.41, 5.74) is 0.860. The number of aliphatic hydroxyl groups is 2. The van der Waals surface area contributed by atoms with Gasteiger partial charge in [-0.2, -0.15) is 0 Å². The van der Waals surface area contributed by atoms with Crippen LogP contribution in [0, 0.1) is 0 Å². The average molecular weight is 440 g/mol. The summed E-state index contributed by atoms with van der Waals surface area (Å²) in [7, 11) is 1.14. The van der Waals surface area contributed by atoms with Crippen molar-refractivity contribution < 1.29 is 29.3 Å². The molecule has 1 aliphatic rings. The molecule has 1 aromatic heterocycles. The molecule has 0 spiro atoms. The van der Waals surface area contributed by atoms with E-state index in [-0.39, 0.29) is 24.6 Å². The zero-order valence-electron chi connectivity index (χ0n) is 15.6.